The number of hydrogen-bond acceptors (Lipinski definition) is 5. The van der Waals surface area contributed by atoms with E-state index in [2.05, 4.69) is 20.4 Å². The van der Waals surface area contributed by atoms with Crippen LogP contribution in [0.5, 0.6) is 0 Å². The quantitative estimate of drug-likeness (QED) is 0.800. The van der Waals surface area contributed by atoms with Crippen LogP contribution in [0.2, 0.25) is 5.02 Å². The summed E-state index contributed by atoms with van der Waals surface area (Å²) in [5.74, 6) is 1.22. The average Bonchev–Trinajstić information content (AvgIpc) is 2.87. The van der Waals surface area contributed by atoms with E-state index in [0.29, 0.717) is 29.8 Å². The summed E-state index contributed by atoms with van der Waals surface area (Å²) in [4.78, 5) is 8.54. The van der Waals surface area contributed by atoms with Crippen molar-refractivity contribution in [2.75, 3.05) is 0 Å². The SMILES string of the molecule is Cc1noc(CNCc2ccc(Cl)c3cccnc23)n1. The number of aryl methyl sites for hydroxylation is 1. The van der Waals surface area contributed by atoms with Gasteiger partial charge in [-0.15, -0.1) is 0 Å². The van der Waals surface area contributed by atoms with Crippen LogP contribution in [-0.4, -0.2) is 15.1 Å². The Bertz CT molecular complexity index is 741. The smallest absolute Gasteiger partial charge is 0.240 e. The van der Waals surface area contributed by atoms with Crippen molar-refractivity contribution in [2.45, 2.75) is 20.0 Å². The zero-order valence-electron chi connectivity index (χ0n) is 10.9. The molecule has 20 heavy (non-hydrogen) atoms. The van der Waals surface area contributed by atoms with E-state index in [1.54, 1.807) is 13.1 Å². The van der Waals surface area contributed by atoms with E-state index in [-0.39, 0.29) is 0 Å². The molecule has 102 valence electrons. The molecule has 0 aliphatic carbocycles. The Hall–Kier alpha value is -1.98. The first-order valence-electron chi connectivity index (χ1n) is 6.26. The van der Waals surface area contributed by atoms with Crippen LogP contribution in [0.4, 0.5) is 0 Å². The van der Waals surface area contributed by atoms with Crippen LogP contribution in [0.3, 0.4) is 0 Å². The predicted molar refractivity (Wildman–Crippen MR) is 76.3 cm³/mol. The third-order valence-corrected chi connectivity index (χ3v) is 3.29. The third-order valence-electron chi connectivity index (χ3n) is 2.96. The molecule has 3 rings (SSSR count). The monoisotopic (exact) mass is 288 g/mol. The van der Waals surface area contributed by atoms with E-state index in [9.17, 15) is 0 Å². The van der Waals surface area contributed by atoms with Crippen molar-refractivity contribution in [2.24, 2.45) is 0 Å². The van der Waals surface area contributed by atoms with Crippen molar-refractivity contribution in [3.05, 3.63) is 52.8 Å². The van der Waals surface area contributed by atoms with Gasteiger partial charge >= 0.3 is 0 Å². The molecule has 0 atom stereocenters. The fourth-order valence-electron chi connectivity index (χ4n) is 2.05. The molecule has 0 saturated heterocycles. The molecule has 0 unspecified atom stereocenters. The van der Waals surface area contributed by atoms with E-state index in [1.807, 2.05) is 24.3 Å². The van der Waals surface area contributed by atoms with Gasteiger partial charge in [0.1, 0.15) is 0 Å². The summed E-state index contributed by atoms with van der Waals surface area (Å²) in [6, 6.07) is 7.71. The molecule has 0 bridgehead atoms. The third kappa shape index (κ3) is 2.64. The summed E-state index contributed by atoms with van der Waals surface area (Å²) in [5.41, 5.74) is 2.00. The van der Waals surface area contributed by atoms with E-state index in [1.165, 1.54) is 0 Å². The molecule has 2 heterocycles. The molecule has 0 amide bonds. The van der Waals surface area contributed by atoms with Gasteiger partial charge in [-0.05, 0) is 30.7 Å². The molecule has 1 aromatic carbocycles. The minimum atomic E-state index is 0.526. The first-order valence-corrected chi connectivity index (χ1v) is 6.64. The molecule has 0 saturated carbocycles. The second-order valence-corrected chi connectivity index (χ2v) is 4.85. The van der Waals surface area contributed by atoms with Crippen LogP contribution in [0.1, 0.15) is 17.3 Å². The Balaban J connectivity index is 1.76. The zero-order chi connectivity index (χ0) is 13.9. The number of rotatable bonds is 4. The highest BCUT2D eigenvalue weighted by Crippen LogP contribution is 2.24. The van der Waals surface area contributed by atoms with Crippen LogP contribution in [0.15, 0.2) is 35.0 Å². The van der Waals surface area contributed by atoms with Crippen LogP contribution in [0, 0.1) is 6.92 Å². The van der Waals surface area contributed by atoms with E-state index in [4.69, 9.17) is 16.1 Å². The molecule has 2 aromatic heterocycles. The molecule has 0 spiro atoms. The van der Waals surface area contributed by atoms with Gasteiger partial charge in [-0.1, -0.05) is 22.8 Å². The zero-order valence-corrected chi connectivity index (χ0v) is 11.7. The molecule has 5 nitrogen and oxygen atoms in total. The number of fused-ring (bicyclic) bond motifs is 1. The molecule has 0 radical (unpaired) electrons. The lowest BCUT2D eigenvalue weighted by Gasteiger charge is -2.07. The van der Waals surface area contributed by atoms with Crippen LogP contribution in [0.25, 0.3) is 10.9 Å². The first kappa shape index (κ1) is 13.0. The Morgan fingerprint density at radius 1 is 1.25 bits per heavy atom. The molecule has 0 aliphatic rings. The molecule has 3 aromatic rings. The normalized spacial score (nSPS) is 11.1. The highest BCUT2D eigenvalue weighted by Gasteiger charge is 2.06. The van der Waals surface area contributed by atoms with Gasteiger partial charge in [-0.2, -0.15) is 4.98 Å². The molecule has 0 aliphatic heterocycles. The van der Waals surface area contributed by atoms with Crippen LogP contribution in [-0.2, 0) is 13.1 Å². The maximum atomic E-state index is 6.17. The number of aromatic nitrogens is 3. The van der Waals surface area contributed by atoms with Gasteiger partial charge in [0, 0.05) is 23.2 Å². The highest BCUT2D eigenvalue weighted by atomic mass is 35.5. The van der Waals surface area contributed by atoms with Crippen LogP contribution >= 0.6 is 11.6 Å². The number of nitrogens with one attached hydrogen (secondary N) is 1. The molecular weight excluding hydrogens is 276 g/mol. The fourth-order valence-corrected chi connectivity index (χ4v) is 2.27. The number of hydrogen-bond donors (Lipinski definition) is 1. The van der Waals surface area contributed by atoms with Crippen molar-refractivity contribution in [3.8, 4) is 0 Å². The summed E-state index contributed by atoms with van der Waals surface area (Å²) in [6.45, 7) is 2.98. The topological polar surface area (TPSA) is 63.8 Å². The summed E-state index contributed by atoms with van der Waals surface area (Å²) in [6.07, 6.45) is 1.77. The highest BCUT2D eigenvalue weighted by molar-refractivity contribution is 6.35. The van der Waals surface area contributed by atoms with E-state index in [0.717, 1.165) is 16.5 Å². The Kier molecular flexibility index (Phi) is 3.62. The minimum Gasteiger partial charge on any atom is -0.338 e. The minimum absolute atomic E-state index is 0.526. The summed E-state index contributed by atoms with van der Waals surface area (Å²) < 4.78 is 5.05. The maximum Gasteiger partial charge on any atom is 0.240 e. The van der Waals surface area contributed by atoms with Crippen molar-refractivity contribution >= 4 is 22.5 Å². The van der Waals surface area contributed by atoms with Crippen molar-refractivity contribution in [3.63, 3.8) is 0 Å². The lowest BCUT2D eigenvalue weighted by atomic mass is 10.1. The largest absolute Gasteiger partial charge is 0.338 e. The lowest BCUT2D eigenvalue weighted by Crippen LogP contribution is -2.13. The maximum absolute atomic E-state index is 6.17. The van der Waals surface area contributed by atoms with Crippen LogP contribution < -0.4 is 5.32 Å². The van der Waals surface area contributed by atoms with Gasteiger partial charge in [0.25, 0.3) is 0 Å². The van der Waals surface area contributed by atoms with Gasteiger partial charge in [0.05, 0.1) is 12.1 Å². The average molecular weight is 289 g/mol. The molecule has 6 heteroatoms. The van der Waals surface area contributed by atoms with E-state index >= 15 is 0 Å². The van der Waals surface area contributed by atoms with Gasteiger partial charge in [0.2, 0.25) is 5.89 Å². The predicted octanol–water partition coefficient (Wildman–Crippen LogP) is 2.87. The van der Waals surface area contributed by atoms with Crippen molar-refractivity contribution in [1.29, 1.82) is 0 Å². The Morgan fingerprint density at radius 2 is 2.15 bits per heavy atom. The van der Waals surface area contributed by atoms with Gasteiger partial charge in [0.15, 0.2) is 5.82 Å². The van der Waals surface area contributed by atoms with Gasteiger partial charge in [-0.3, -0.25) is 4.98 Å². The second-order valence-electron chi connectivity index (χ2n) is 4.44. The number of halogens is 1. The number of pyridine rings is 1. The Labute approximate surface area is 121 Å². The molecular formula is C14H13ClN4O. The Morgan fingerprint density at radius 3 is 2.95 bits per heavy atom. The second kappa shape index (κ2) is 5.56. The number of nitrogens with zero attached hydrogens (tertiary/aromatic N) is 3. The van der Waals surface area contributed by atoms with E-state index < -0.39 is 0 Å². The van der Waals surface area contributed by atoms with Gasteiger partial charge < -0.3 is 9.84 Å². The molecule has 0 fully saturated rings. The van der Waals surface area contributed by atoms with Crippen molar-refractivity contribution in [1.82, 2.24) is 20.4 Å². The standard InChI is InChI=1S/C14H13ClN4O/c1-9-18-13(20-19-9)8-16-7-10-4-5-12(15)11-3-2-6-17-14(10)11/h2-6,16H,7-8H2,1H3. The first-order chi connectivity index (χ1) is 9.74. The molecule has 1 N–H and O–H groups in total. The summed E-state index contributed by atoms with van der Waals surface area (Å²) >= 11 is 6.17. The van der Waals surface area contributed by atoms with Gasteiger partial charge in [-0.25, -0.2) is 0 Å². The number of benzene rings is 1. The van der Waals surface area contributed by atoms with Crippen molar-refractivity contribution < 1.29 is 4.52 Å². The lowest BCUT2D eigenvalue weighted by molar-refractivity contribution is 0.364. The fraction of sp³-hybridized carbons (Fsp3) is 0.214. The summed E-state index contributed by atoms with van der Waals surface area (Å²) in [5, 5.41) is 8.68. The summed E-state index contributed by atoms with van der Waals surface area (Å²) in [7, 11) is 0.